The van der Waals surface area contributed by atoms with E-state index in [1.807, 2.05) is 0 Å². The van der Waals surface area contributed by atoms with Gasteiger partial charge in [-0.25, -0.2) is 4.39 Å². The van der Waals surface area contributed by atoms with Crippen LogP contribution in [0.2, 0.25) is 0 Å². The lowest BCUT2D eigenvalue weighted by Crippen LogP contribution is -2.42. The summed E-state index contributed by atoms with van der Waals surface area (Å²) in [5.41, 5.74) is 5.96. The zero-order chi connectivity index (χ0) is 12.5. The molecule has 0 spiro atoms. The highest BCUT2D eigenvalue weighted by atomic mass is 19.1. The Bertz CT molecular complexity index is 399. The lowest BCUT2D eigenvalue weighted by atomic mass is 9.81. The molecule has 1 aromatic carbocycles. The van der Waals surface area contributed by atoms with Crippen molar-refractivity contribution in [1.29, 1.82) is 0 Å². The van der Waals surface area contributed by atoms with E-state index < -0.39 is 5.54 Å². The molecule has 1 unspecified atom stereocenters. The molecule has 0 bridgehead atoms. The van der Waals surface area contributed by atoms with Crippen LogP contribution in [-0.4, -0.2) is 24.9 Å². The van der Waals surface area contributed by atoms with Crippen molar-refractivity contribution in [2.45, 2.75) is 24.5 Å². The Hall–Kier alpha value is -0.970. The van der Waals surface area contributed by atoms with Crippen molar-refractivity contribution in [1.82, 2.24) is 0 Å². The largest absolute Gasteiger partial charge is 0.396 e. The van der Waals surface area contributed by atoms with E-state index in [1.165, 1.54) is 6.07 Å². The summed E-state index contributed by atoms with van der Waals surface area (Å²) in [5, 5.41) is 9.41. The molecule has 0 saturated heterocycles. The first-order chi connectivity index (χ1) is 8.11. The van der Waals surface area contributed by atoms with Crippen LogP contribution in [0.3, 0.4) is 0 Å². The second kappa shape index (κ2) is 4.72. The summed E-state index contributed by atoms with van der Waals surface area (Å²) in [7, 11) is 1.62. The number of aliphatic hydroxyl groups is 1. The topological polar surface area (TPSA) is 55.5 Å². The van der Waals surface area contributed by atoms with Gasteiger partial charge in [-0.05, 0) is 18.9 Å². The molecule has 17 heavy (non-hydrogen) atoms. The predicted molar refractivity (Wildman–Crippen MR) is 62.9 cm³/mol. The number of hydrogen-bond donors (Lipinski definition) is 2. The molecule has 3 atom stereocenters. The van der Waals surface area contributed by atoms with Crippen LogP contribution < -0.4 is 5.73 Å². The fourth-order valence-electron chi connectivity index (χ4n) is 2.74. The van der Waals surface area contributed by atoms with Gasteiger partial charge < -0.3 is 15.6 Å². The highest BCUT2D eigenvalue weighted by Gasteiger charge is 2.46. The fourth-order valence-corrected chi connectivity index (χ4v) is 2.74. The molecular formula is C13H18FNO2. The first kappa shape index (κ1) is 12.5. The quantitative estimate of drug-likeness (QED) is 0.838. The Morgan fingerprint density at radius 2 is 2.24 bits per heavy atom. The van der Waals surface area contributed by atoms with E-state index in [9.17, 15) is 9.50 Å². The van der Waals surface area contributed by atoms with Crippen molar-refractivity contribution in [2.75, 3.05) is 13.7 Å². The number of aliphatic hydroxyl groups excluding tert-OH is 1. The Morgan fingerprint density at radius 1 is 1.53 bits per heavy atom. The van der Waals surface area contributed by atoms with E-state index in [2.05, 4.69) is 0 Å². The molecule has 3 N–H and O–H groups in total. The summed E-state index contributed by atoms with van der Waals surface area (Å²) >= 11 is 0. The standard InChI is InChI=1S/C13H18FNO2/c1-17-10-6-9(8-16)13(15,7-10)11-4-2-3-5-12(11)14/h2-5,9-10,16H,6-8,15H2,1H3/t9?,10-,13-/m0/s1. The number of nitrogens with two attached hydrogens (primary N) is 1. The van der Waals surface area contributed by atoms with Crippen LogP contribution >= 0.6 is 0 Å². The zero-order valence-electron chi connectivity index (χ0n) is 9.90. The third-order valence-electron chi connectivity index (χ3n) is 3.77. The summed E-state index contributed by atoms with van der Waals surface area (Å²) < 4.78 is 19.1. The Labute approximate surface area is 100 Å². The maximum Gasteiger partial charge on any atom is 0.128 e. The molecule has 2 rings (SSSR count). The SMILES string of the molecule is CO[C@H]1CC(CO)[C@](N)(c2ccccc2F)C1. The summed E-state index contributed by atoms with van der Waals surface area (Å²) in [6.45, 7) is -0.0509. The molecule has 94 valence electrons. The van der Waals surface area contributed by atoms with Gasteiger partial charge in [0.25, 0.3) is 0 Å². The van der Waals surface area contributed by atoms with Crippen LogP contribution in [0.1, 0.15) is 18.4 Å². The minimum atomic E-state index is -0.833. The summed E-state index contributed by atoms with van der Waals surface area (Å²) in [4.78, 5) is 0. The monoisotopic (exact) mass is 239 g/mol. The van der Waals surface area contributed by atoms with Crippen molar-refractivity contribution < 1.29 is 14.2 Å². The molecule has 0 heterocycles. The van der Waals surface area contributed by atoms with Gasteiger partial charge in [-0.15, -0.1) is 0 Å². The van der Waals surface area contributed by atoms with Crippen LogP contribution in [0.15, 0.2) is 24.3 Å². The molecule has 3 nitrogen and oxygen atoms in total. The predicted octanol–water partition coefficient (Wildman–Crippen LogP) is 1.40. The molecule has 1 aliphatic carbocycles. The molecule has 0 amide bonds. The van der Waals surface area contributed by atoms with Crippen LogP contribution in [0, 0.1) is 11.7 Å². The highest BCUT2D eigenvalue weighted by Crippen LogP contribution is 2.43. The van der Waals surface area contributed by atoms with E-state index in [0.717, 1.165) is 0 Å². The van der Waals surface area contributed by atoms with Crippen molar-refractivity contribution in [3.05, 3.63) is 35.6 Å². The molecule has 1 saturated carbocycles. The second-order valence-electron chi connectivity index (χ2n) is 4.70. The highest BCUT2D eigenvalue weighted by molar-refractivity contribution is 5.29. The molecule has 1 fully saturated rings. The third kappa shape index (κ3) is 2.08. The van der Waals surface area contributed by atoms with Crippen LogP contribution in [0.5, 0.6) is 0 Å². The maximum atomic E-state index is 13.8. The first-order valence-electron chi connectivity index (χ1n) is 5.79. The summed E-state index contributed by atoms with van der Waals surface area (Å²) in [6, 6.07) is 6.50. The lowest BCUT2D eigenvalue weighted by Gasteiger charge is -2.31. The van der Waals surface area contributed by atoms with Crippen LogP contribution in [0.4, 0.5) is 4.39 Å². The van der Waals surface area contributed by atoms with Crippen molar-refractivity contribution >= 4 is 0 Å². The van der Waals surface area contributed by atoms with Crippen molar-refractivity contribution in [2.24, 2.45) is 11.7 Å². The Kier molecular flexibility index (Phi) is 3.47. The van der Waals surface area contributed by atoms with E-state index in [0.29, 0.717) is 18.4 Å². The number of ether oxygens (including phenoxy) is 1. The smallest absolute Gasteiger partial charge is 0.128 e. The van der Waals surface area contributed by atoms with Gasteiger partial charge in [0.05, 0.1) is 11.6 Å². The molecule has 0 aliphatic heterocycles. The van der Waals surface area contributed by atoms with Crippen LogP contribution in [-0.2, 0) is 10.3 Å². The van der Waals surface area contributed by atoms with E-state index in [4.69, 9.17) is 10.5 Å². The van der Waals surface area contributed by atoms with E-state index in [1.54, 1.807) is 25.3 Å². The molecule has 0 radical (unpaired) electrons. The Balaban J connectivity index is 2.37. The first-order valence-corrected chi connectivity index (χ1v) is 5.79. The molecule has 0 aromatic heterocycles. The number of halogens is 1. The number of rotatable bonds is 3. The Morgan fingerprint density at radius 3 is 2.82 bits per heavy atom. The molecular weight excluding hydrogens is 221 g/mol. The maximum absolute atomic E-state index is 13.8. The molecule has 1 aliphatic rings. The van der Waals surface area contributed by atoms with E-state index >= 15 is 0 Å². The van der Waals surface area contributed by atoms with Gasteiger partial charge in [0, 0.05) is 25.2 Å². The van der Waals surface area contributed by atoms with Gasteiger partial charge in [0.1, 0.15) is 5.82 Å². The number of benzene rings is 1. The number of hydrogen-bond acceptors (Lipinski definition) is 3. The summed E-state index contributed by atoms with van der Waals surface area (Å²) in [6.07, 6.45) is 1.18. The average molecular weight is 239 g/mol. The van der Waals surface area contributed by atoms with Gasteiger partial charge in [0.15, 0.2) is 0 Å². The third-order valence-corrected chi connectivity index (χ3v) is 3.77. The van der Waals surface area contributed by atoms with Gasteiger partial charge in [-0.3, -0.25) is 0 Å². The van der Waals surface area contributed by atoms with Crippen molar-refractivity contribution in [3.8, 4) is 0 Å². The minimum absolute atomic E-state index is 0.0169. The number of methoxy groups -OCH3 is 1. The zero-order valence-corrected chi connectivity index (χ0v) is 9.90. The van der Waals surface area contributed by atoms with Gasteiger partial charge in [-0.2, -0.15) is 0 Å². The molecule has 1 aromatic rings. The minimum Gasteiger partial charge on any atom is -0.396 e. The van der Waals surface area contributed by atoms with E-state index in [-0.39, 0.29) is 24.4 Å². The molecule has 4 heteroatoms. The van der Waals surface area contributed by atoms with Gasteiger partial charge in [-0.1, -0.05) is 18.2 Å². The van der Waals surface area contributed by atoms with Crippen LogP contribution in [0.25, 0.3) is 0 Å². The second-order valence-corrected chi connectivity index (χ2v) is 4.70. The normalized spacial score (nSPS) is 32.9. The average Bonchev–Trinajstić information content (AvgIpc) is 2.67. The fraction of sp³-hybridized carbons (Fsp3) is 0.538. The van der Waals surface area contributed by atoms with Crippen molar-refractivity contribution in [3.63, 3.8) is 0 Å². The van der Waals surface area contributed by atoms with Gasteiger partial charge in [0.2, 0.25) is 0 Å². The lowest BCUT2D eigenvalue weighted by molar-refractivity contribution is 0.0996. The summed E-state index contributed by atoms with van der Waals surface area (Å²) in [5.74, 6) is -0.477. The van der Waals surface area contributed by atoms with Gasteiger partial charge >= 0.3 is 0 Å².